The summed E-state index contributed by atoms with van der Waals surface area (Å²) in [6, 6.07) is 9.71. The summed E-state index contributed by atoms with van der Waals surface area (Å²) in [5.74, 6) is -0.183. The van der Waals surface area contributed by atoms with Crippen LogP contribution in [0.2, 0.25) is 0 Å². The average molecular weight is 327 g/mol. The van der Waals surface area contributed by atoms with Crippen LogP contribution in [-0.4, -0.2) is 34.8 Å². The van der Waals surface area contributed by atoms with Crippen molar-refractivity contribution in [2.75, 3.05) is 18.1 Å². The van der Waals surface area contributed by atoms with E-state index in [1.165, 1.54) is 0 Å². The van der Waals surface area contributed by atoms with Gasteiger partial charge in [-0.2, -0.15) is 0 Å². The van der Waals surface area contributed by atoms with E-state index in [2.05, 4.69) is 10.3 Å². The number of nitrogens with zero attached hydrogens (tertiary/aromatic N) is 2. The predicted molar refractivity (Wildman–Crippen MR) is 93.2 cm³/mol. The lowest BCUT2D eigenvalue weighted by Gasteiger charge is -2.23. The van der Waals surface area contributed by atoms with E-state index in [0.717, 1.165) is 5.56 Å². The lowest BCUT2D eigenvalue weighted by atomic mass is 10.2. The summed E-state index contributed by atoms with van der Waals surface area (Å²) >= 11 is 0. The molecule has 7 heteroatoms. The van der Waals surface area contributed by atoms with Gasteiger partial charge in [0.05, 0.1) is 6.04 Å². The van der Waals surface area contributed by atoms with Crippen LogP contribution in [0.5, 0.6) is 0 Å². The molecule has 0 spiro atoms. The maximum absolute atomic E-state index is 12.3. The molecule has 1 heterocycles. The third kappa shape index (κ3) is 4.53. The molecule has 1 unspecified atom stereocenters. The van der Waals surface area contributed by atoms with E-state index in [4.69, 9.17) is 11.5 Å². The fourth-order valence-electron chi connectivity index (χ4n) is 2.12. The van der Waals surface area contributed by atoms with Crippen LogP contribution in [0.25, 0.3) is 0 Å². The molecule has 0 aliphatic heterocycles. The summed E-state index contributed by atoms with van der Waals surface area (Å²) in [4.78, 5) is 29.3. The SMILES string of the molecule is CC(C(=O)Nc1ccc(C(N)=O)cc1)N(C)Cc1ccc(N)nc1. The van der Waals surface area contributed by atoms with Gasteiger partial charge in [0, 0.05) is 24.0 Å². The third-order valence-corrected chi connectivity index (χ3v) is 3.76. The molecule has 7 nitrogen and oxygen atoms in total. The number of hydrogen-bond donors (Lipinski definition) is 3. The second-order valence-corrected chi connectivity index (χ2v) is 5.61. The van der Waals surface area contributed by atoms with Crippen molar-refractivity contribution in [1.82, 2.24) is 9.88 Å². The first-order valence-corrected chi connectivity index (χ1v) is 7.48. The summed E-state index contributed by atoms with van der Waals surface area (Å²) in [7, 11) is 1.86. The molecule has 126 valence electrons. The number of pyridine rings is 1. The van der Waals surface area contributed by atoms with Crippen molar-refractivity contribution in [2.24, 2.45) is 5.73 Å². The van der Waals surface area contributed by atoms with Gasteiger partial charge in [-0.05, 0) is 49.9 Å². The van der Waals surface area contributed by atoms with Gasteiger partial charge in [-0.1, -0.05) is 6.07 Å². The molecule has 0 aliphatic rings. The average Bonchev–Trinajstić information content (AvgIpc) is 2.56. The van der Waals surface area contributed by atoms with Crippen molar-refractivity contribution in [3.05, 3.63) is 53.7 Å². The number of hydrogen-bond acceptors (Lipinski definition) is 5. The van der Waals surface area contributed by atoms with Crippen molar-refractivity contribution in [3.63, 3.8) is 0 Å². The molecule has 0 saturated carbocycles. The first-order valence-electron chi connectivity index (χ1n) is 7.48. The Morgan fingerprint density at radius 2 is 1.88 bits per heavy atom. The van der Waals surface area contributed by atoms with Gasteiger partial charge in [0.15, 0.2) is 0 Å². The van der Waals surface area contributed by atoms with Crippen LogP contribution < -0.4 is 16.8 Å². The number of aromatic nitrogens is 1. The van der Waals surface area contributed by atoms with Crippen molar-refractivity contribution in [2.45, 2.75) is 19.5 Å². The Morgan fingerprint density at radius 1 is 1.21 bits per heavy atom. The highest BCUT2D eigenvalue weighted by Gasteiger charge is 2.18. The summed E-state index contributed by atoms with van der Waals surface area (Å²) in [5.41, 5.74) is 12.7. The van der Waals surface area contributed by atoms with Crippen LogP contribution in [0.15, 0.2) is 42.6 Å². The van der Waals surface area contributed by atoms with Crippen LogP contribution in [0.1, 0.15) is 22.8 Å². The number of amides is 2. The summed E-state index contributed by atoms with van der Waals surface area (Å²) < 4.78 is 0. The smallest absolute Gasteiger partial charge is 0.248 e. The number of carbonyl (C=O) groups excluding carboxylic acids is 2. The molecule has 1 aromatic heterocycles. The number of carbonyl (C=O) groups is 2. The van der Waals surface area contributed by atoms with Crippen LogP contribution in [-0.2, 0) is 11.3 Å². The Morgan fingerprint density at radius 3 is 2.42 bits per heavy atom. The molecule has 2 rings (SSSR count). The number of nitrogen functional groups attached to an aromatic ring is 1. The zero-order valence-corrected chi connectivity index (χ0v) is 13.7. The van der Waals surface area contributed by atoms with Crippen LogP contribution in [0.3, 0.4) is 0 Å². The molecule has 0 bridgehead atoms. The first-order chi connectivity index (χ1) is 11.4. The van der Waals surface area contributed by atoms with Gasteiger partial charge in [-0.15, -0.1) is 0 Å². The Labute approximate surface area is 140 Å². The zero-order valence-electron chi connectivity index (χ0n) is 13.7. The van der Waals surface area contributed by atoms with E-state index in [-0.39, 0.29) is 11.9 Å². The second kappa shape index (κ2) is 7.56. The fraction of sp³-hybridized carbons (Fsp3) is 0.235. The topological polar surface area (TPSA) is 114 Å². The number of anilines is 2. The molecule has 24 heavy (non-hydrogen) atoms. The lowest BCUT2D eigenvalue weighted by molar-refractivity contribution is -0.120. The summed E-state index contributed by atoms with van der Waals surface area (Å²) in [5, 5.41) is 2.82. The second-order valence-electron chi connectivity index (χ2n) is 5.61. The highest BCUT2D eigenvalue weighted by atomic mass is 16.2. The standard InChI is InChI=1S/C17H21N5O2/c1-11(22(2)10-12-3-8-15(18)20-9-12)17(24)21-14-6-4-13(5-7-14)16(19)23/h3-9,11H,10H2,1-2H3,(H2,18,20)(H2,19,23)(H,21,24). The van der Waals surface area contributed by atoms with E-state index < -0.39 is 5.91 Å². The van der Waals surface area contributed by atoms with Crippen molar-refractivity contribution >= 4 is 23.3 Å². The van der Waals surface area contributed by atoms with Crippen molar-refractivity contribution < 1.29 is 9.59 Å². The summed E-state index contributed by atoms with van der Waals surface area (Å²) in [6.45, 7) is 2.39. The molecule has 0 radical (unpaired) electrons. The molecule has 1 atom stereocenters. The van der Waals surface area contributed by atoms with Crippen LogP contribution >= 0.6 is 0 Å². The molecule has 0 fully saturated rings. The summed E-state index contributed by atoms with van der Waals surface area (Å²) in [6.07, 6.45) is 1.69. The predicted octanol–water partition coefficient (Wildman–Crippen LogP) is 1.22. The van der Waals surface area contributed by atoms with Gasteiger partial charge in [-0.3, -0.25) is 14.5 Å². The monoisotopic (exact) mass is 327 g/mol. The minimum absolute atomic E-state index is 0.146. The van der Waals surface area contributed by atoms with E-state index in [9.17, 15) is 9.59 Å². The molecule has 0 saturated heterocycles. The molecule has 1 aromatic carbocycles. The minimum Gasteiger partial charge on any atom is -0.384 e. The molecule has 2 amide bonds. The van der Waals surface area contributed by atoms with Gasteiger partial charge in [0.2, 0.25) is 11.8 Å². The maximum Gasteiger partial charge on any atom is 0.248 e. The van der Waals surface area contributed by atoms with E-state index in [0.29, 0.717) is 23.6 Å². The number of nitrogens with one attached hydrogen (secondary N) is 1. The normalized spacial score (nSPS) is 12.0. The van der Waals surface area contributed by atoms with Gasteiger partial charge in [0.1, 0.15) is 5.82 Å². The number of rotatable bonds is 6. The molecule has 5 N–H and O–H groups in total. The highest BCUT2D eigenvalue weighted by Crippen LogP contribution is 2.12. The maximum atomic E-state index is 12.3. The third-order valence-electron chi connectivity index (χ3n) is 3.76. The van der Waals surface area contributed by atoms with E-state index in [1.54, 1.807) is 36.5 Å². The molecular weight excluding hydrogens is 306 g/mol. The Kier molecular flexibility index (Phi) is 5.49. The Balaban J connectivity index is 1.95. The van der Waals surface area contributed by atoms with Crippen molar-refractivity contribution in [3.8, 4) is 0 Å². The van der Waals surface area contributed by atoms with Crippen molar-refractivity contribution in [1.29, 1.82) is 0 Å². The minimum atomic E-state index is -0.502. The number of nitrogens with two attached hydrogens (primary N) is 2. The van der Waals surface area contributed by atoms with E-state index >= 15 is 0 Å². The quantitative estimate of drug-likeness (QED) is 0.738. The van der Waals surface area contributed by atoms with Gasteiger partial charge in [-0.25, -0.2) is 4.98 Å². The molecular formula is C17H21N5O2. The molecule has 0 aliphatic carbocycles. The first kappa shape index (κ1) is 17.4. The number of primary amides is 1. The number of benzene rings is 1. The Bertz CT molecular complexity index is 713. The highest BCUT2D eigenvalue weighted by molar-refractivity contribution is 5.96. The van der Waals surface area contributed by atoms with Crippen LogP contribution in [0, 0.1) is 0 Å². The van der Waals surface area contributed by atoms with Gasteiger partial charge < -0.3 is 16.8 Å². The van der Waals surface area contributed by atoms with Crippen LogP contribution in [0.4, 0.5) is 11.5 Å². The van der Waals surface area contributed by atoms with E-state index in [1.807, 2.05) is 24.9 Å². The fourth-order valence-corrected chi connectivity index (χ4v) is 2.12. The largest absolute Gasteiger partial charge is 0.384 e. The zero-order chi connectivity index (χ0) is 17.7. The Hall–Kier alpha value is -2.93. The lowest BCUT2D eigenvalue weighted by Crippen LogP contribution is -2.39. The number of likely N-dealkylation sites (N-methyl/N-ethyl adjacent to an activating group) is 1. The van der Waals surface area contributed by atoms with Gasteiger partial charge in [0.25, 0.3) is 0 Å². The molecule has 2 aromatic rings. The van der Waals surface area contributed by atoms with Gasteiger partial charge >= 0.3 is 0 Å².